The van der Waals surface area contributed by atoms with Gasteiger partial charge in [-0.15, -0.1) is 0 Å². The van der Waals surface area contributed by atoms with Crippen LogP contribution in [0.1, 0.15) is 17.7 Å². The van der Waals surface area contributed by atoms with Crippen LogP contribution in [0, 0.1) is 0 Å². The third kappa shape index (κ3) is 5.46. The maximum absolute atomic E-state index is 10.5. The van der Waals surface area contributed by atoms with Crippen LogP contribution in [0.2, 0.25) is 0 Å². The van der Waals surface area contributed by atoms with Crippen molar-refractivity contribution in [2.45, 2.75) is 19.6 Å². The molecule has 1 heterocycles. The maximum Gasteiger partial charge on any atom is 0.304 e. The smallest absolute Gasteiger partial charge is 0.304 e. The molecule has 2 N–H and O–H groups in total. The Labute approximate surface area is 137 Å². The summed E-state index contributed by atoms with van der Waals surface area (Å²) in [4.78, 5) is 14.7. The molecule has 5 nitrogen and oxygen atoms in total. The van der Waals surface area contributed by atoms with Crippen LogP contribution in [0.3, 0.4) is 0 Å². The average Bonchev–Trinajstić information content (AvgIpc) is 2.51. The van der Waals surface area contributed by atoms with Crippen molar-refractivity contribution in [3.63, 3.8) is 0 Å². The number of pyridine rings is 1. The van der Waals surface area contributed by atoms with E-state index in [4.69, 9.17) is 9.84 Å². The lowest BCUT2D eigenvalue weighted by Crippen LogP contribution is -2.18. The van der Waals surface area contributed by atoms with E-state index in [-0.39, 0.29) is 6.42 Å². The molecule has 116 valence electrons. The monoisotopic (exact) mass is 364 g/mol. The van der Waals surface area contributed by atoms with Gasteiger partial charge in [0.25, 0.3) is 0 Å². The van der Waals surface area contributed by atoms with Crippen molar-refractivity contribution in [2.24, 2.45) is 0 Å². The molecule has 0 aliphatic rings. The van der Waals surface area contributed by atoms with Crippen LogP contribution in [0.4, 0.5) is 0 Å². The molecule has 0 saturated heterocycles. The van der Waals surface area contributed by atoms with Gasteiger partial charge in [0.2, 0.25) is 0 Å². The lowest BCUT2D eigenvalue weighted by atomic mass is 10.2. The van der Waals surface area contributed by atoms with Crippen molar-refractivity contribution in [1.29, 1.82) is 0 Å². The van der Waals surface area contributed by atoms with Crippen LogP contribution in [-0.2, 0) is 17.9 Å². The average molecular weight is 365 g/mol. The molecule has 6 heteroatoms. The molecule has 0 bridgehead atoms. The van der Waals surface area contributed by atoms with Crippen LogP contribution < -0.4 is 10.1 Å². The molecule has 2 aromatic rings. The number of rotatable bonds is 8. The second-order valence-electron chi connectivity index (χ2n) is 4.68. The molecule has 0 radical (unpaired) electrons. The SMILES string of the molecule is O=C(O)CCNCc1cc(Br)ccc1OCc1ccccn1. The fraction of sp³-hybridized carbons (Fsp3) is 0.250. The van der Waals surface area contributed by atoms with E-state index in [1.807, 2.05) is 36.4 Å². The van der Waals surface area contributed by atoms with E-state index in [9.17, 15) is 4.79 Å². The lowest BCUT2D eigenvalue weighted by molar-refractivity contribution is -0.136. The summed E-state index contributed by atoms with van der Waals surface area (Å²) in [6.45, 7) is 1.36. The molecule has 0 unspecified atom stereocenters. The molecule has 0 amide bonds. The van der Waals surface area contributed by atoms with Gasteiger partial charge in [0, 0.05) is 29.3 Å². The predicted octanol–water partition coefficient (Wildman–Crippen LogP) is 2.99. The van der Waals surface area contributed by atoms with Gasteiger partial charge in [-0.25, -0.2) is 0 Å². The van der Waals surface area contributed by atoms with Crippen molar-refractivity contribution in [3.8, 4) is 5.75 Å². The Bertz CT molecular complexity index is 620. The summed E-state index contributed by atoms with van der Waals surface area (Å²) in [7, 11) is 0. The molecule has 1 aromatic heterocycles. The van der Waals surface area contributed by atoms with Gasteiger partial charge in [0.1, 0.15) is 12.4 Å². The van der Waals surface area contributed by atoms with Crippen LogP contribution in [-0.4, -0.2) is 22.6 Å². The fourth-order valence-corrected chi connectivity index (χ4v) is 2.29. The summed E-state index contributed by atoms with van der Waals surface area (Å²) in [6, 6.07) is 11.4. The van der Waals surface area contributed by atoms with Crippen LogP contribution in [0.5, 0.6) is 5.75 Å². The van der Waals surface area contributed by atoms with Crippen molar-refractivity contribution in [1.82, 2.24) is 10.3 Å². The Kier molecular flexibility index (Phi) is 6.36. The van der Waals surface area contributed by atoms with Crippen molar-refractivity contribution >= 4 is 21.9 Å². The van der Waals surface area contributed by atoms with Gasteiger partial charge in [0.15, 0.2) is 0 Å². The van der Waals surface area contributed by atoms with Gasteiger partial charge in [-0.05, 0) is 30.3 Å². The van der Waals surface area contributed by atoms with Crippen LogP contribution >= 0.6 is 15.9 Å². The Hall–Kier alpha value is -1.92. The van der Waals surface area contributed by atoms with E-state index in [1.54, 1.807) is 6.20 Å². The number of nitrogens with zero attached hydrogens (tertiary/aromatic N) is 1. The Morgan fingerprint density at radius 3 is 2.91 bits per heavy atom. The summed E-state index contributed by atoms with van der Waals surface area (Å²) in [5, 5.41) is 11.7. The van der Waals surface area contributed by atoms with Gasteiger partial charge in [0.05, 0.1) is 12.1 Å². The zero-order chi connectivity index (χ0) is 15.8. The first-order valence-corrected chi connectivity index (χ1v) is 7.68. The molecular formula is C16H17BrN2O3. The summed E-state index contributed by atoms with van der Waals surface area (Å²) >= 11 is 3.43. The van der Waals surface area contributed by atoms with E-state index >= 15 is 0 Å². The minimum absolute atomic E-state index is 0.0954. The van der Waals surface area contributed by atoms with Crippen LogP contribution in [0.25, 0.3) is 0 Å². The topological polar surface area (TPSA) is 71.5 Å². The molecule has 2 rings (SSSR count). The second-order valence-corrected chi connectivity index (χ2v) is 5.60. The normalized spacial score (nSPS) is 10.4. The molecule has 22 heavy (non-hydrogen) atoms. The summed E-state index contributed by atoms with van der Waals surface area (Å²) in [6.07, 6.45) is 1.83. The minimum Gasteiger partial charge on any atom is -0.487 e. The highest BCUT2D eigenvalue weighted by Crippen LogP contribution is 2.24. The van der Waals surface area contributed by atoms with E-state index < -0.39 is 5.97 Å². The van der Waals surface area contributed by atoms with Gasteiger partial charge < -0.3 is 15.2 Å². The number of aliphatic carboxylic acids is 1. The zero-order valence-corrected chi connectivity index (χ0v) is 13.5. The number of hydrogen-bond donors (Lipinski definition) is 2. The van der Waals surface area contributed by atoms with Gasteiger partial charge in [-0.1, -0.05) is 22.0 Å². The Balaban J connectivity index is 1.96. The quantitative estimate of drug-likeness (QED) is 0.704. The Morgan fingerprint density at radius 2 is 2.18 bits per heavy atom. The standard InChI is InChI=1S/C16H17BrN2O3/c17-13-4-5-15(22-11-14-3-1-2-7-19-14)12(9-13)10-18-8-6-16(20)21/h1-5,7,9,18H,6,8,10-11H2,(H,20,21). The number of carboxylic acids is 1. The molecule has 0 aliphatic heterocycles. The summed E-state index contributed by atoms with van der Waals surface area (Å²) in [5.41, 5.74) is 1.82. The predicted molar refractivity (Wildman–Crippen MR) is 86.7 cm³/mol. The first kappa shape index (κ1) is 16.5. The molecule has 0 spiro atoms. The zero-order valence-electron chi connectivity index (χ0n) is 12.0. The van der Waals surface area contributed by atoms with Gasteiger partial charge in [-0.3, -0.25) is 9.78 Å². The summed E-state index contributed by atoms with van der Waals surface area (Å²) < 4.78 is 6.77. The molecule has 1 aromatic carbocycles. The highest BCUT2D eigenvalue weighted by atomic mass is 79.9. The maximum atomic E-state index is 10.5. The molecule has 0 atom stereocenters. The first-order chi connectivity index (χ1) is 10.6. The van der Waals surface area contributed by atoms with E-state index in [1.165, 1.54) is 0 Å². The third-order valence-corrected chi connectivity index (χ3v) is 3.45. The van der Waals surface area contributed by atoms with Gasteiger partial charge in [-0.2, -0.15) is 0 Å². The first-order valence-electron chi connectivity index (χ1n) is 6.89. The van der Waals surface area contributed by atoms with Crippen molar-refractivity contribution in [2.75, 3.05) is 6.54 Å². The molecule has 0 saturated carbocycles. The van der Waals surface area contributed by atoms with E-state index in [0.717, 1.165) is 21.5 Å². The molecule has 0 aliphatic carbocycles. The van der Waals surface area contributed by atoms with Crippen LogP contribution in [0.15, 0.2) is 47.1 Å². The van der Waals surface area contributed by atoms with Gasteiger partial charge >= 0.3 is 5.97 Å². The van der Waals surface area contributed by atoms with Crippen molar-refractivity contribution < 1.29 is 14.6 Å². The number of carboxylic acid groups (broad SMARTS) is 1. The third-order valence-electron chi connectivity index (χ3n) is 2.96. The number of ether oxygens (including phenoxy) is 1. The number of aromatic nitrogens is 1. The number of benzene rings is 1. The number of halogens is 1. The minimum atomic E-state index is -0.812. The van der Waals surface area contributed by atoms with E-state index in [2.05, 4.69) is 26.2 Å². The largest absolute Gasteiger partial charge is 0.487 e. The second kappa shape index (κ2) is 8.51. The molecule has 0 fully saturated rings. The highest BCUT2D eigenvalue weighted by Gasteiger charge is 2.06. The summed E-state index contributed by atoms with van der Waals surface area (Å²) in [5.74, 6) is -0.0509. The number of nitrogens with one attached hydrogen (secondary N) is 1. The number of hydrogen-bond acceptors (Lipinski definition) is 4. The molecular weight excluding hydrogens is 348 g/mol. The van der Waals surface area contributed by atoms with E-state index in [0.29, 0.717) is 19.7 Å². The highest BCUT2D eigenvalue weighted by molar-refractivity contribution is 9.10. The Morgan fingerprint density at radius 1 is 1.32 bits per heavy atom. The van der Waals surface area contributed by atoms with Crippen molar-refractivity contribution in [3.05, 3.63) is 58.3 Å². The fourth-order valence-electron chi connectivity index (χ4n) is 1.88. The lowest BCUT2D eigenvalue weighted by Gasteiger charge is -2.12. The number of carbonyl (C=O) groups is 1.